The number of rotatable bonds is 2. The van der Waals surface area contributed by atoms with Crippen LogP contribution in [0.15, 0.2) is 0 Å². The summed E-state index contributed by atoms with van der Waals surface area (Å²) < 4.78 is 0. The van der Waals surface area contributed by atoms with E-state index in [1.165, 1.54) is 51.4 Å². The molecule has 0 spiro atoms. The normalized spacial score (nSPS) is 32.2. The van der Waals surface area contributed by atoms with E-state index >= 15 is 0 Å². The first-order valence-electron chi connectivity index (χ1n) is 6.76. The van der Waals surface area contributed by atoms with Crippen LogP contribution in [0.1, 0.15) is 51.4 Å². The van der Waals surface area contributed by atoms with Crippen molar-refractivity contribution >= 4 is 0 Å². The number of aliphatic hydroxyl groups excluding tert-OH is 1. The van der Waals surface area contributed by atoms with Gasteiger partial charge in [-0.3, -0.25) is 0 Å². The quantitative estimate of drug-likeness (QED) is 0.734. The first kappa shape index (κ1) is 11.4. The van der Waals surface area contributed by atoms with E-state index in [0.717, 1.165) is 13.1 Å². The summed E-state index contributed by atoms with van der Waals surface area (Å²) in [6.45, 7) is 2.25. The van der Waals surface area contributed by atoms with Crippen molar-refractivity contribution in [2.75, 3.05) is 13.1 Å². The van der Waals surface area contributed by atoms with Gasteiger partial charge in [0.05, 0.1) is 6.10 Å². The van der Waals surface area contributed by atoms with Gasteiger partial charge in [0.15, 0.2) is 0 Å². The summed E-state index contributed by atoms with van der Waals surface area (Å²) in [5.74, 6) is 1.19. The molecule has 1 aliphatic carbocycles. The Morgan fingerprint density at radius 1 is 0.800 bits per heavy atom. The van der Waals surface area contributed by atoms with Gasteiger partial charge in [-0.1, -0.05) is 19.3 Å². The number of nitrogens with one attached hydrogen (secondary N) is 1. The average molecular weight is 211 g/mol. The van der Waals surface area contributed by atoms with Crippen molar-refractivity contribution in [3.05, 3.63) is 0 Å². The Kier molecular flexibility index (Phi) is 4.45. The molecule has 0 aromatic carbocycles. The molecular formula is C13H25NO. The molecule has 0 radical (unpaired) electrons. The van der Waals surface area contributed by atoms with E-state index in [-0.39, 0.29) is 6.10 Å². The van der Waals surface area contributed by atoms with E-state index in [9.17, 15) is 5.11 Å². The Morgan fingerprint density at radius 2 is 1.47 bits per heavy atom. The standard InChI is InChI=1S/C13H25NO/c15-13(11-5-2-1-3-6-11)12-7-4-9-14-10-8-12/h11-15H,1-10H2. The highest BCUT2D eigenvalue weighted by Gasteiger charge is 2.28. The second-order valence-electron chi connectivity index (χ2n) is 5.33. The van der Waals surface area contributed by atoms with Gasteiger partial charge >= 0.3 is 0 Å². The van der Waals surface area contributed by atoms with Crippen molar-refractivity contribution in [1.29, 1.82) is 0 Å². The minimum Gasteiger partial charge on any atom is -0.393 e. The SMILES string of the molecule is OC(C1CCCCC1)C1CCCNCC1. The lowest BCUT2D eigenvalue weighted by atomic mass is 9.78. The Morgan fingerprint density at radius 3 is 2.27 bits per heavy atom. The predicted octanol–water partition coefficient (Wildman–Crippen LogP) is 2.32. The molecular weight excluding hydrogens is 186 g/mol. The van der Waals surface area contributed by atoms with Crippen LogP contribution >= 0.6 is 0 Å². The molecule has 88 valence electrons. The molecule has 1 aliphatic heterocycles. The maximum Gasteiger partial charge on any atom is 0.0597 e. The molecule has 0 amide bonds. The van der Waals surface area contributed by atoms with Crippen molar-refractivity contribution in [3.63, 3.8) is 0 Å². The lowest BCUT2D eigenvalue weighted by Crippen LogP contribution is -2.31. The zero-order valence-corrected chi connectivity index (χ0v) is 9.75. The van der Waals surface area contributed by atoms with Gasteiger partial charge in [0.1, 0.15) is 0 Å². The van der Waals surface area contributed by atoms with Crippen molar-refractivity contribution in [1.82, 2.24) is 5.32 Å². The van der Waals surface area contributed by atoms with Crippen molar-refractivity contribution in [3.8, 4) is 0 Å². The maximum absolute atomic E-state index is 10.4. The minimum atomic E-state index is -0.00907. The van der Waals surface area contributed by atoms with Crippen LogP contribution in [0.25, 0.3) is 0 Å². The summed E-state index contributed by atoms with van der Waals surface area (Å²) in [7, 11) is 0. The third kappa shape index (κ3) is 3.18. The van der Waals surface area contributed by atoms with Crippen molar-refractivity contribution < 1.29 is 5.11 Å². The maximum atomic E-state index is 10.4. The Bertz CT molecular complexity index is 169. The topological polar surface area (TPSA) is 32.3 Å². The van der Waals surface area contributed by atoms with E-state index in [0.29, 0.717) is 11.8 Å². The lowest BCUT2D eigenvalue weighted by molar-refractivity contribution is 0.0284. The second kappa shape index (κ2) is 5.86. The third-order valence-electron chi connectivity index (χ3n) is 4.24. The largest absolute Gasteiger partial charge is 0.393 e. The van der Waals surface area contributed by atoms with E-state index in [2.05, 4.69) is 5.32 Å². The monoisotopic (exact) mass is 211 g/mol. The molecule has 2 atom stereocenters. The van der Waals surface area contributed by atoms with Crippen LogP contribution < -0.4 is 5.32 Å². The van der Waals surface area contributed by atoms with Crippen LogP contribution in [0.2, 0.25) is 0 Å². The summed E-state index contributed by atoms with van der Waals surface area (Å²) in [6.07, 6.45) is 10.2. The first-order valence-corrected chi connectivity index (χ1v) is 6.76. The summed E-state index contributed by atoms with van der Waals surface area (Å²) in [5.41, 5.74) is 0. The molecule has 2 nitrogen and oxygen atoms in total. The third-order valence-corrected chi connectivity index (χ3v) is 4.24. The summed E-state index contributed by atoms with van der Waals surface area (Å²) in [4.78, 5) is 0. The molecule has 1 saturated carbocycles. The zero-order valence-electron chi connectivity index (χ0n) is 9.75. The number of hydrogen-bond donors (Lipinski definition) is 2. The molecule has 1 heterocycles. The van der Waals surface area contributed by atoms with Gasteiger partial charge < -0.3 is 10.4 Å². The van der Waals surface area contributed by atoms with Gasteiger partial charge in [-0.25, -0.2) is 0 Å². The molecule has 2 heteroatoms. The molecule has 2 N–H and O–H groups in total. The fraction of sp³-hybridized carbons (Fsp3) is 1.00. The van der Waals surface area contributed by atoms with E-state index in [1.54, 1.807) is 0 Å². The summed E-state index contributed by atoms with van der Waals surface area (Å²) in [6, 6.07) is 0. The molecule has 1 saturated heterocycles. The average Bonchev–Trinajstić information content (AvgIpc) is 2.58. The van der Waals surface area contributed by atoms with E-state index < -0.39 is 0 Å². The highest BCUT2D eigenvalue weighted by Crippen LogP contribution is 2.32. The molecule has 2 unspecified atom stereocenters. The smallest absolute Gasteiger partial charge is 0.0597 e. The highest BCUT2D eigenvalue weighted by atomic mass is 16.3. The molecule has 2 rings (SSSR count). The van der Waals surface area contributed by atoms with Crippen LogP contribution in [0.3, 0.4) is 0 Å². The summed E-state index contributed by atoms with van der Waals surface area (Å²) >= 11 is 0. The highest BCUT2D eigenvalue weighted by molar-refractivity contribution is 4.81. The molecule has 0 aromatic heterocycles. The Hall–Kier alpha value is -0.0800. The zero-order chi connectivity index (χ0) is 10.5. The first-order chi connectivity index (χ1) is 7.38. The minimum absolute atomic E-state index is 0.00907. The van der Waals surface area contributed by atoms with Gasteiger partial charge in [-0.05, 0) is 57.0 Å². The number of aliphatic hydroxyl groups is 1. The van der Waals surface area contributed by atoms with Crippen LogP contribution in [-0.2, 0) is 0 Å². The fourth-order valence-corrected chi connectivity index (χ4v) is 3.25. The molecule has 2 fully saturated rings. The van der Waals surface area contributed by atoms with E-state index in [1.807, 2.05) is 0 Å². The second-order valence-corrected chi connectivity index (χ2v) is 5.33. The fourth-order valence-electron chi connectivity index (χ4n) is 3.25. The van der Waals surface area contributed by atoms with Gasteiger partial charge in [0.2, 0.25) is 0 Å². The van der Waals surface area contributed by atoms with Crippen molar-refractivity contribution in [2.24, 2.45) is 11.8 Å². The van der Waals surface area contributed by atoms with Gasteiger partial charge in [-0.2, -0.15) is 0 Å². The van der Waals surface area contributed by atoms with Crippen molar-refractivity contribution in [2.45, 2.75) is 57.5 Å². The van der Waals surface area contributed by atoms with Crippen LogP contribution in [0.5, 0.6) is 0 Å². The Labute approximate surface area is 93.5 Å². The van der Waals surface area contributed by atoms with Gasteiger partial charge in [0.25, 0.3) is 0 Å². The molecule has 0 aromatic rings. The van der Waals surface area contributed by atoms with Crippen LogP contribution in [0.4, 0.5) is 0 Å². The summed E-state index contributed by atoms with van der Waals surface area (Å²) in [5, 5.41) is 13.8. The van der Waals surface area contributed by atoms with Gasteiger partial charge in [0, 0.05) is 0 Å². The molecule has 2 aliphatic rings. The van der Waals surface area contributed by atoms with Gasteiger partial charge in [-0.15, -0.1) is 0 Å². The van der Waals surface area contributed by atoms with Crippen LogP contribution in [-0.4, -0.2) is 24.3 Å². The number of hydrogen-bond acceptors (Lipinski definition) is 2. The van der Waals surface area contributed by atoms with E-state index in [4.69, 9.17) is 0 Å². The lowest BCUT2D eigenvalue weighted by Gasteiger charge is -2.31. The Balaban J connectivity index is 1.83. The molecule has 15 heavy (non-hydrogen) atoms. The van der Waals surface area contributed by atoms with Crippen LogP contribution in [0, 0.1) is 11.8 Å². The predicted molar refractivity (Wildman–Crippen MR) is 62.8 cm³/mol. The molecule has 0 bridgehead atoms.